The van der Waals surface area contributed by atoms with Gasteiger partial charge in [0.25, 0.3) is 10.0 Å². The van der Waals surface area contributed by atoms with Crippen molar-refractivity contribution in [1.29, 1.82) is 0 Å². The Morgan fingerprint density at radius 3 is 2.48 bits per heavy atom. The Morgan fingerprint density at radius 1 is 1.24 bits per heavy atom. The lowest BCUT2D eigenvalue weighted by Crippen LogP contribution is -2.35. The maximum Gasteiger partial charge on any atom is 0.264 e. The Bertz CT molecular complexity index is 895. The molecule has 0 bridgehead atoms. The summed E-state index contributed by atoms with van der Waals surface area (Å²) in [5, 5.41) is 0. The number of anilines is 1. The SMILES string of the molecule is Cc1cc(C)c(N(CC(C)C)S(=O)(=O)c2ccc(F)c(C=O)c2)cn1. The van der Waals surface area contributed by atoms with Gasteiger partial charge in [0.15, 0.2) is 6.29 Å². The summed E-state index contributed by atoms with van der Waals surface area (Å²) in [5.74, 6) is -0.695. The largest absolute Gasteiger partial charge is 0.298 e. The highest BCUT2D eigenvalue weighted by molar-refractivity contribution is 7.92. The van der Waals surface area contributed by atoms with Crippen molar-refractivity contribution < 1.29 is 17.6 Å². The molecule has 1 aromatic heterocycles. The Kier molecular flexibility index (Phi) is 5.57. The van der Waals surface area contributed by atoms with Gasteiger partial charge in [-0.05, 0) is 49.6 Å². The van der Waals surface area contributed by atoms with Crippen molar-refractivity contribution in [2.24, 2.45) is 5.92 Å². The number of carbonyl (C=O) groups is 1. The van der Waals surface area contributed by atoms with Gasteiger partial charge in [-0.15, -0.1) is 0 Å². The zero-order valence-electron chi connectivity index (χ0n) is 14.7. The second kappa shape index (κ2) is 7.31. The summed E-state index contributed by atoms with van der Waals surface area (Å²) in [6.07, 6.45) is 1.83. The number of pyridine rings is 1. The van der Waals surface area contributed by atoms with E-state index in [0.29, 0.717) is 12.0 Å². The first-order valence-electron chi connectivity index (χ1n) is 7.87. The number of hydrogen-bond acceptors (Lipinski definition) is 4. The molecule has 0 aliphatic carbocycles. The van der Waals surface area contributed by atoms with Gasteiger partial charge in [0.2, 0.25) is 0 Å². The number of carbonyl (C=O) groups excluding carboxylic acids is 1. The molecule has 0 spiro atoms. The molecule has 0 aliphatic rings. The highest BCUT2D eigenvalue weighted by atomic mass is 32.2. The van der Waals surface area contributed by atoms with E-state index in [-0.39, 0.29) is 22.9 Å². The number of aldehydes is 1. The van der Waals surface area contributed by atoms with Crippen LogP contribution in [0.1, 0.15) is 35.5 Å². The summed E-state index contributed by atoms with van der Waals surface area (Å²) in [5.41, 5.74) is 1.74. The summed E-state index contributed by atoms with van der Waals surface area (Å²) in [7, 11) is -3.97. The Morgan fingerprint density at radius 2 is 1.92 bits per heavy atom. The second-order valence-corrected chi connectivity index (χ2v) is 8.21. The van der Waals surface area contributed by atoms with E-state index in [2.05, 4.69) is 4.98 Å². The van der Waals surface area contributed by atoms with Crippen LogP contribution in [0.25, 0.3) is 0 Å². The van der Waals surface area contributed by atoms with Crippen LogP contribution < -0.4 is 4.31 Å². The maximum absolute atomic E-state index is 13.6. The topological polar surface area (TPSA) is 67.3 Å². The molecular weight excluding hydrogens is 343 g/mol. The second-order valence-electron chi connectivity index (χ2n) is 6.34. The summed E-state index contributed by atoms with van der Waals surface area (Å²) in [6, 6.07) is 5.02. The molecule has 25 heavy (non-hydrogen) atoms. The fourth-order valence-corrected chi connectivity index (χ4v) is 4.22. The minimum atomic E-state index is -3.97. The van der Waals surface area contributed by atoms with Crippen LogP contribution in [-0.2, 0) is 10.0 Å². The van der Waals surface area contributed by atoms with Crippen LogP contribution in [0.2, 0.25) is 0 Å². The molecular formula is C18H21FN2O3S. The van der Waals surface area contributed by atoms with Crippen LogP contribution >= 0.6 is 0 Å². The average molecular weight is 364 g/mol. The predicted molar refractivity (Wildman–Crippen MR) is 94.9 cm³/mol. The quantitative estimate of drug-likeness (QED) is 0.736. The average Bonchev–Trinajstić information content (AvgIpc) is 2.53. The number of aromatic nitrogens is 1. The summed E-state index contributed by atoms with van der Waals surface area (Å²) >= 11 is 0. The molecule has 0 unspecified atom stereocenters. The van der Waals surface area contributed by atoms with Gasteiger partial charge in [0, 0.05) is 12.2 Å². The maximum atomic E-state index is 13.6. The van der Waals surface area contributed by atoms with Gasteiger partial charge in [0.05, 0.1) is 22.3 Å². The lowest BCUT2D eigenvalue weighted by atomic mass is 10.2. The van der Waals surface area contributed by atoms with Crippen LogP contribution in [0, 0.1) is 25.6 Å². The van der Waals surface area contributed by atoms with E-state index >= 15 is 0 Å². The molecule has 1 aromatic carbocycles. The lowest BCUT2D eigenvalue weighted by Gasteiger charge is -2.27. The lowest BCUT2D eigenvalue weighted by molar-refractivity contribution is 0.111. The number of aryl methyl sites for hydroxylation is 2. The molecule has 0 fully saturated rings. The number of sulfonamides is 1. The van der Waals surface area contributed by atoms with Gasteiger partial charge in [-0.2, -0.15) is 0 Å². The third kappa shape index (κ3) is 4.04. The standard InChI is InChI=1S/C18H21FN2O3S/c1-12(2)10-21(18-9-20-14(4)7-13(18)3)25(23,24)16-5-6-17(19)15(8-16)11-22/h5-9,11-12H,10H2,1-4H3. The molecule has 1 heterocycles. The Balaban J connectivity index is 2.62. The van der Waals surface area contributed by atoms with Gasteiger partial charge in [0.1, 0.15) is 5.82 Å². The third-order valence-corrected chi connectivity index (χ3v) is 5.48. The molecule has 0 amide bonds. The summed E-state index contributed by atoms with van der Waals surface area (Å²) in [4.78, 5) is 15.0. The van der Waals surface area contributed by atoms with E-state index in [1.54, 1.807) is 6.07 Å². The number of rotatable bonds is 6. The molecule has 0 atom stereocenters. The van der Waals surface area contributed by atoms with E-state index < -0.39 is 15.8 Å². The van der Waals surface area contributed by atoms with Gasteiger partial charge < -0.3 is 0 Å². The molecule has 0 N–H and O–H groups in total. The van der Waals surface area contributed by atoms with Gasteiger partial charge in [-0.25, -0.2) is 12.8 Å². The summed E-state index contributed by atoms with van der Waals surface area (Å²) < 4.78 is 41.1. The molecule has 2 rings (SSSR count). The first kappa shape index (κ1) is 19.1. The number of nitrogens with zero attached hydrogens (tertiary/aromatic N) is 2. The first-order chi connectivity index (χ1) is 11.7. The van der Waals surface area contributed by atoms with Crippen LogP contribution in [0.3, 0.4) is 0 Å². The molecule has 0 saturated heterocycles. The minimum absolute atomic E-state index is 0.0569. The first-order valence-corrected chi connectivity index (χ1v) is 9.31. The zero-order valence-corrected chi connectivity index (χ0v) is 15.5. The van der Waals surface area contributed by atoms with Crippen molar-refractivity contribution in [3.63, 3.8) is 0 Å². The molecule has 2 aromatic rings. The van der Waals surface area contributed by atoms with Crippen LogP contribution in [0.4, 0.5) is 10.1 Å². The highest BCUT2D eigenvalue weighted by Gasteiger charge is 2.28. The van der Waals surface area contributed by atoms with E-state index in [4.69, 9.17) is 0 Å². The minimum Gasteiger partial charge on any atom is -0.298 e. The van der Waals surface area contributed by atoms with Crippen molar-refractivity contribution >= 4 is 22.0 Å². The number of benzene rings is 1. The molecule has 134 valence electrons. The zero-order chi connectivity index (χ0) is 18.8. The molecule has 7 heteroatoms. The molecule has 0 saturated carbocycles. The van der Waals surface area contributed by atoms with Crippen LogP contribution in [0.5, 0.6) is 0 Å². The highest BCUT2D eigenvalue weighted by Crippen LogP contribution is 2.28. The summed E-state index contributed by atoms with van der Waals surface area (Å²) in [6.45, 7) is 7.69. The molecule has 5 nitrogen and oxygen atoms in total. The fourth-order valence-electron chi connectivity index (χ4n) is 2.51. The Labute approximate surface area is 147 Å². The Hall–Kier alpha value is -2.28. The van der Waals surface area contributed by atoms with Gasteiger partial charge in [-0.1, -0.05) is 13.8 Å². The van der Waals surface area contributed by atoms with Crippen molar-refractivity contribution in [3.05, 3.63) is 53.1 Å². The van der Waals surface area contributed by atoms with Crippen LogP contribution in [-0.4, -0.2) is 26.2 Å². The van der Waals surface area contributed by atoms with Crippen molar-refractivity contribution in [2.75, 3.05) is 10.8 Å². The third-order valence-electron chi connectivity index (χ3n) is 3.70. The van der Waals surface area contributed by atoms with Gasteiger partial charge in [-0.3, -0.25) is 14.1 Å². The van der Waals surface area contributed by atoms with E-state index in [0.717, 1.165) is 23.4 Å². The fraction of sp³-hybridized carbons (Fsp3) is 0.333. The predicted octanol–water partition coefficient (Wildman–Crippen LogP) is 3.50. The van der Waals surface area contributed by atoms with Crippen molar-refractivity contribution in [2.45, 2.75) is 32.6 Å². The normalized spacial score (nSPS) is 11.6. The van der Waals surface area contributed by atoms with Crippen molar-refractivity contribution in [1.82, 2.24) is 4.98 Å². The number of hydrogen-bond donors (Lipinski definition) is 0. The van der Waals surface area contributed by atoms with E-state index in [9.17, 15) is 17.6 Å². The monoisotopic (exact) mass is 364 g/mol. The molecule has 0 aliphatic heterocycles. The van der Waals surface area contributed by atoms with Crippen molar-refractivity contribution in [3.8, 4) is 0 Å². The molecule has 0 radical (unpaired) electrons. The van der Waals surface area contributed by atoms with Gasteiger partial charge >= 0.3 is 0 Å². The van der Waals surface area contributed by atoms with E-state index in [1.165, 1.54) is 16.6 Å². The van der Waals surface area contributed by atoms with E-state index in [1.807, 2.05) is 27.7 Å². The smallest absolute Gasteiger partial charge is 0.264 e. The number of halogens is 1. The van der Waals surface area contributed by atoms with Crippen LogP contribution in [0.15, 0.2) is 35.4 Å².